The average Bonchev–Trinajstić information content (AvgIpc) is 2.39. The molecule has 2 aromatic rings. The molecule has 0 radical (unpaired) electrons. The molecule has 0 saturated heterocycles. The van der Waals surface area contributed by atoms with Crippen molar-refractivity contribution in [2.24, 2.45) is 0 Å². The molecule has 0 aliphatic carbocycles. The Morgan fingerprint density at radius 2 is 1.16 bits per heavy atom. The number of hydrogen-bond acceptors (Lipinski definition) is 4. The second-order valence-electron chi connectivity index (χ2n) is 4.52. The summed E-state index contributed by atoms with van der Waals surface area (Å²) in [5.41, 5.74) is -1.29. The molecule has 0 spiro atoms. The number of aliphatic hydroxyl groups is 4. The first-order valence-corrected chi connectivity index (χ1v) is 5.92. The molecule has 0 fully saturated rings. The molecule has 4 heteroatoms. The highest BCUT2D eigenvalue weighted by molar-refractivity contribution is 5.28. The van der Waals surface area contributed by atoms with Crippen LogP contribution < -0.4 is 0 Å². The summed E-state index contributed by atoms with van der Waals surface area (Å²) in [4.78, 5) is 0. The quantitative estimate of drug-likeness (QED) is 0.611. The highest BCUT2D eigenvalue weighted by Crippen LogP contribution is 2.33. The summed E-state index contributed by atoms with van der Waals surface area (Å²) in [7, 11) is 0. The van der Waals surface area contributed by atoms with E-state index in [1.54, 1.807) is 42.5 Å². The van der Waals surface area contributed by atoms with Gasteiger partial charge in [-0.2, -0.15) is 0 Å². The van der Waals surface area contributed by atoms with E-state index in [0.717, 1.165) is 0 Å². The summed E-state index contributed by atoms with van der Waals surface area (Å²) in [5, 5.41) is 39.1. The van der Waals surface area contributed by atoms with Gasteiger partial charge in [0, 0.05) is 6.42 Å². The van der Waals surface area contributed by atoms with Crippen molar-refractivity contribution in [3.05, 3.63) is 71.8 Å². The fraction of sp³-hybridized carbons (Fsp3) is 0.200. The first-order valence-electron chi connectivity index (χ1n) is 5.92. The minimum Gasteiger partial charge on any atom is -0.377 e. The third-order valence-electron chi connectivity index (χ3n) is 3.11. The Balaban J connectivity index is 2.42. The smallest absolute Gasteiger partial charge is 0.310 e. The van der Waals surface area contributed by atoms with Gasteiger partial charge >= 0.3 is 5.97 Å². The van der Waals surface area contributed by atoms with Crippen LogP contribution >= 0.6 is 0 Å². The Morgan fingerprint density at radius 1 is 0.684 bits per heavy atom. The lowest BCUT2D eigenvalue weighted by Gasteiger charge is -2.35. The largest absolute Gasteiger partial charge is 0.377 e. The van der Waals surface area contributed by atoms with Crippen molar-refractivity contribution in [1.29, 1.82) is 0 Å². The minimum atomic E-state index is -3.23. The van der Waals surface area contributed by atoms with Crippen LogP contribution in [-0.2, 0) is 12.0 Å². The van der Waals surface area contributed by atoms with Crippen molar-refractivity contribution in [3.63, 3.8) is 0 Å². The molecule has 0 heterocycles. The van der Waals surface area contributed by atoms with Gasteiger partial charge in [-0.25, -0.2) is 0 Å². The Kier molecular flexibility index (Phi) is 3.68. The standard InChI is InChI=1S/C15H16O4/c16-14(15(17,18)19,13-9-5-2-6-10-13)11-12-7-3-1-4-8-12/h1-10,16-19H,11H2. The second kappa shape index (κ2) is 5.11. The summed E-state index contributed by atoms with van der Waals surface area (Å²) in [5.74, 6) is -3.23. The molecule has 0 aliphatic rings. The van der Waals surface area contributed by atoms with Crippen LogP contribution in [0, 0.1) is 0 Å². The first-order chi connectivity index (χ1) is 8.93. The average molecular weight is 260 g/mol. The number of rotatable bonds is 4. The normalized spacial score (nSPS) is 14.9. The van der Waals surface area contributed by atoms with Crippen LogP contribution in [0.4, 0.5) is 0 Å². The summed E-state index contributed by atoms with van der Waals surface area (Å²) in [6.45, 7) is 0. The van der Waals surface area contributed by atoms with E-state index in [0.29, 0.717) is 5.56 Å². The maximum absolute atomic E-state index is 10.5. The van der Waals surface area contributed by atoms with E-state index in [4.69, 9.17) is 0 Å². The molecule has 2 aromatic carbocycles. The van der Waals surface area contributed by atoms with Crippen LogP contribution in [0.1, 0.15) is 11.1 Å². The zero-order valence-electron chi connectivity index (χ0n) is 10.3. The predicted molar refractivity (Wildman–Crippen MR) is 69.9 cm³/mol. The van der Waals surface area contributed by atoms with Crippen LogP contribution in [0.5, 0.6) is 0 Å². The van der Waals surface area contributed by atoms with Gasteiger partial charge in [-0.3, -0.25) is 0 Å². The van der Waals surface area contributed by atoms with E-state index in [1.165, 1.54) is 12.1 Å². The molecule has 1 atom stereocenters. The topological polar surface area (TPSA) is 80.9 Å². The molecule has 0 aromatic heterocycles. The van der Waals surface area contributed by atoms with Gasteiger partial charge in [0.15, 0.2) is 5.60 Å². The van der Waals surface area contributed by atoms with Crippen molar-refractivity contribution in [3.8, 4) is 0 Å². The summed E-state index contributed by atoms with van der Waals surface area (Å²) in [6.07, 6.45) is -0.124. The lowest BCUT2D eigenvalue weighted by molar-refractivity contribution is -0.396. The molecule has 1 unspecified atom stereocenters. The Morgan fingerprint density at radius 3 is 1.63 bits per heavy atom. The van der Waals surface area contributed by atoms with Gasteiger partial charge in [-0.05, 0) is 11.1 Å². The zero-order valence-corrected chi connectivity index (χ0v) is 10.3. The van der Waals surface area contributed by atoms with Gasteiger partial charge in [0.25, 0.3) is 0 Å². The van der Waals surface area contributed by atoms with Crippen molar-refractivity contribution in [2.45, 2.75) is 18.0 Å². The van der Waals surface area contributed by atoms with E-state index in [-0.39, 0.29) is 12.0 Å². The van der Waals surface area contributed by atoms with E-state index in [9.17, 15) is 20.4 Å². The minimum absolute atomic E-state index is 0.124. The first kappa shape index (κ1) is 13.7. The van der Waals surface area contributed by atoms with Crippen LogP contribution in [0.3, 0.4) is 0 Å². The van der Waals surface area contributed by atoms with Crippen LogP contribution in [0.2, 0.25) is 0 Å². The maximum Gasteiger partial charge on any atom is 0.310 e. The van der Waals surface area contributed by atoms with Crippen LogP contribution in [-0.4, -0.2) is 26.4 Å². The monoisotopic (exact) mass is 260 g/mol. The van der Waals surface area contributed by atoms with Crippen LogP contribution in [0.15, 0.2) is 60.7 Å². The van der Waals surface area contributed by atoms with Gasteiger partial charge in [-0.15, -0.1) is 0 Å². The highest BCUT2D eigenvalue weighted by Gasteiger charge is 2.48. The summed E-state index contributed by atoms with van der Waals surface area (Å²) >= 11 is 0. The molecule has 2 rings (SSSR count). The summed E-state index contributed by atoms with van der Waals surface area (Å²) in [6, 6.07) is 16.9. The Hall–Kier alpha value is -1.72. The van der Waals surface area contributed by atoms with Crippen molar-refractivity contribution in [2.75, 3.05) is 0 Å². The molecule has 0 bridgehead atoms. The van der Waals surface area contributed by atoms with Crippen molar-refractivity contribution < 1.29 is 20.4 Å². The van der Waals surface area contributed by atoms with Gasteiger partial charge < -0.3 is 20.4 Å². The highest BCUT2D eigenvalue weighted by atomic mass is 16.7. The second-order valence-corrected chi connectivity index (χ2v) is 4.52. The lowest BCUT2D eigenvalue weighted by Crippen LogP contribution is -2.53. The summed E-state index contributed by atoms with van der Waals surface area (Å²) < 4.78 is 0. The van der Waals surface area contributed by atoms with Gasteiger partial charge in [0.2, 0.25) is 0 Å². The molecule has 19 heavy (non-hydrogen) atoms. The number of hydrogen-bond donors (Lipinski definition) is 4. The Labute approximate surface area is 111 Å². The van der Waals surface area contributed by atoms with Gasteiger partial charge in [0.1, 0.15) is 0 Å². The van der Waals surface area contributed by atoms with Crippen molar-refractivity contribution >= 4 is 0 Å². The van der Waals surface area contributed by atoms with E-state index >= 15 is 0 Å². The van der Waals surface area contributed by atoms with Crippen LogP contribution in [0.25, 0.3) is 0 Å². The third kappa shape index (κ3) is 2.83. The van der Waals surface area contributed by atoms with Gasteiger partial charge in [0.05, 0.1) is 0 Å². The van der Waals surface area contributed by atoms with Gasteiger partial charge in [-0.1, -0.05) is 60.7 Å². The zero-order chi connectivity index (χ0) is 13.9. The predicted octanol–water partition coefficient (Wildman–Crippen LogP) is 0.748. The van der Waals surface area contributed by atoms with E-state index in [2.05, 4.69) is 0 Å². The molecule has 4 nitrogen and oxygen atoms in total. The third-order valence-corrected chi connectivity index (χ3v) is 3.11. The molecule has 0 amide bonds. The molecule has 0 saturated carbocycles. The van der Waals surface area contributed by atoms with Crippen molar-refractivity contribution in [1.82, 2.24) is 0 Å². The molecular weight excluding hydrogens is 244 g/mol. The number of benzene rings is 2. The molecule has 0 aliphatic heterocycles. The molecule has 100 valence electrons. The fourth-order valence-corrected chi connectivity index (χ4v) is 2.02. The van der Waals surface area contributed by atoms with E-state index in [1.807, 2.05) is 6.07 Å². The lowest BCUT2D eigenvalue weighted by atomic mass is 9.85. The maximum atomic E-state index is 10.5. The molecule has 4 N–H and O–H groups in total. The SMILES string of the molecule is OC(O)(O)C(O)(Cc1ccccc1)c1ccccc1. The Bertz CT molecular complexity index is 519. The fourth-order valence-electron chi connectivity index (χ4n) is 2.02. The molecular formula is C15H16O4. The van der Waals surface area contributed by atoms with E-state index < -0.39 is 11.6 Å².